The van der Waals surface area contributed by atoms with Gasteiger partial charge in [0.05, 0.1) is 0 Å². The van der Waals surface area contributed by atoms with Gasteiger partial charge in [0.15, 0.2) is 0 Å². The monoisotopic (exact) mass is 362 g/mol. The molecule has 4 rings (SSSR count). The smallest absolute Gasteiger partial charge is 0.258 e. The van der Waals surface area contributed by atoms with Crippen LogP contribution in [0, 0.1) is 5.92 Å². The standard InChI is InChI=1S/C23H26N2O2/c1-17-6-4-14-24(16-17)22(26)19-10-12-20(13-11-19)23(27)25-15-5-8-18-7-2-3-9-21(18)25/h2-3,7,9-13,17H,4-6,8,14-16H2,1H3. The third kappa shape index (κ3) is 3.61. The number of aryl methyl sites for hydroxylation is 1. The summed E-state index contributed by atoms with van der Waals surface area (Å²) < 4.78 is 0. The first-order chi connectivity index (χ1) is 13.1. The largest absolute Gasteiger partial charge is 0.338 e. The number of anilines is 1. The van der Waals surface area contributed by atoms with Gasteiger partial charge in [-0.05, 0) is 67.5 Å². The normalized spacial score (nSPS) is 19.5. The summed E-state index contributed by atoms with van der Waals surface area (Å²) in [5, 5.41) is 0. The van der Waals surface area contributed by atoms with Crippen LogP contribution in [0.2, 0.25) is 0 Å². The summed E-state index contributed by atoms with van der Waals surface area (Å²) in [4.78, 5) is 29.5. The molecule has 0 radical (unpaired) electrons. The zero-order chi connectivity index (χ0) is 18.8. The Kier molecular flexibility index (Phi) is 4.97. The maximum atomic E-state index is 13.0. The van der Waals surface area contributed by atoms with Gasteiger partial charge in [0.1, 0.15) is 0 Å². The molecule has 0 spiro atoms. The van der Waals surface area contributed by atoms with Crippen LogP contribution in [-0.4, -0.2) is 36.3 Å². The summed E-state index contributed by atoms with van der Waals surface area (Å²) in [5.74, 6) is 0.638. The van der Waals surface area contributed by atoms with Gasteiger partial charge in [-0.2, -0.15) is 0 Å². The van der Waals surface area contributed by atoms with Crippen LogP contribution >= 0.6 is 0 Å². The summed E-state index contributed by atoms with van der Waals surface area (Å²) >= 11 is 0. The van der Waals surface area contributed by atoms with Crippen LogP contribution in [-0.2, 0) is 6.42 Å². The highest BCUT2D eigenvalue weighted by molar-refractivity contribution is 6.07. The van der Waals surface area contributed by atoms with E-state index in [0.717, 1.165) is 44.6 Å². The van der Waals surface area contributed by atoms with Crippen LogP contribution in [0.3, 0.4) is 0 Å². The fraction of sp³-hybridized carbons (Fsp3) is 0.391. The zero-order valence-electron chi connectivity index (χ0n) is 15.9. The molecule has 2 aromatic carbocycles. The fourth-order valence-corrected chi connectivity index (χ4v) is 4.21. The lowest BCUT2D eigenvalue weighted by Crippen LogP contribution is -2.39. The van der Waals surface area contributed by atoms with Crippen molar-refractivity contribution in [3.8, 4) is 0 Å². The Bertz CT molecular complexity index is 844. The number of carbonyl (C=O) groups is 2. The van der Waals surface area contributed by atoms with Gasteiger partial charge in [0.2, 0.25) is 0 Å². The first-order valence-electron chi connectivity index (χ1n) is 9.92. The predicted molar refractivity (Wildman–Crippen MR) is 107 cm³/mol. The molecule has 1 atom stereocenters. The average molecular weight is 362 g/mol. The highest BCUT2D eigenvalue weighted by atomic mass is 16.2. The van der Waals surface area contributed by atoms with Gasteiger partial charge in [-0.15, -0.1) is 0 Å². The Hall–Kier alpha value is -2.62. The highest BCUT2D eigenvalue weighted by Gasteiger charge is 2.25. The minimum Gasteiger partial charge on any atom is -0.338 e. The van der Waals surface area contributed by atoms with E-state index in [0.29, 0.717) is 17.0 Å². The van der Waals surface area contributed by atoms with Crippen LogP contribution in [0.1, 0.15) is 52.5 Å². The van der Waals surface area contributed by atoms with Gasteiger partial charge in [-0.3, -0.25) is 9.59 Å². The Morgan fingerprint density at radius 2 is 1.59 bits per heavy atom. The van der Waals surface area contributed by atoms with Crippen LogP contribution in [0.15, 0.2) is 48.5 Å². The molecule has 0 saturated carbocycles. The molecule has 140 valence electrons. The van der Waals surface area contributed by atoms with Gasteiger partial charge in [0, 0.05) is 36.4 Å². The topological polar surface area (TPSA) is 40.6 Å². The number of amides is 2. The molecule has 0 aliphatic carbocycles. The fourth-order valence-electron chi connectivity index (χ4n) is 4.21. The lowest BCUT2D eigenvalue weighted by molar-refractivity contribution is 0.0682. The number of nitrogens with zero attached hydrogens (tertiary/aromatic N) is 2. The van der Waals surface area contributed by atoms with Crippen molar-refractivity contribution in [2.75, 3.05) is 24.5 Å². The molecule has 4 nitrogen and oxygen atoms in total. The third-order valence-corrected chi connectivity index (χ3v) is 5.68. The number of hydrogen-bond acceptors (Lipinski definition) is 2. The molecule has 0 aromatic heterocycles. The molecule has 4 heteroatoms. The molecule has 2 amide bonds. The van der Waals surface area contributed by atoms with Crippen LogP contribution < -0.4 is 4.90 Å². The molecular weight excluding hydrogens is 336 g/mol. The highest BCUT2D eigenvalue weighted by Crippen LogP contribution is 2.28. The minimum atomic E-state index is 0.00717. The third-order valence-electron chi connectivity index (χ3n) is 5.68. The molecule has 2 heterocycles. The second-order valence-corrected chi connectivity index (χ2v) is 7.76. The molecule has 2 aliphatic heterocycles. The van der Waals surface area contributed by atoms with E-state index in [2.05, 4.69) is 13.0 Å². The number of benzene rings is 2. The Morgan fingerprint density at radius 3 is 2.33 bits per heavy atom. The summed E-state index contributed by atoms with van der Waals surface area (Å²) in [6, 6.07) is 15.3. The molecular formula is C23H26N2O2. The number of hydrogen-bond donors (Lipinski definition) is 0. The summed E-state index contributed by atoms with van der Waals surface area (Å²) in [5.41, 5.74) is 3.54. The van der Waals surface area contributed by atoms with E-state index in [1.54, 1.807) is 24.3 Å². The van der Waals surface area contributed by atoms with Gasteiger partial charge < -0.3 is 9.80 Å². The molecule has 1 fully saturated rings. The van der Waals surface area contributed by atoms with Crippen molar-refractivity contribution < 1.29 is 9.59 Å². The molecule has 2 aromatic rings. The Morgan fingerprint density at radius 1 is 0.889 bits per heavy atom. The number of carbonyl (C=O) groups excluding carboxylic acids is 2. The Labute approximate surface area is 160 Å². The molecule has 1 saturated heterocycles. The summed E-state index contributed by atoms with van der Waals surface area (Å²) in [6.07, 6.45) is 4.25. The van der Waals surface area contributed by atoms with E-state index in [1.807, 2.05) is 28.0 Å². The number of piperidine rings is 1. The van der Waals surface area contributed by atoms with E-state index >= 15 is 0 Å². The van der Waals surface area contributed by atoms with Gasteiger partial charge in [-0.1, -0.05) is 25.1 Å². The van der Waals surface area contributed by atoms with Gasteiger partial charge in [0.25, 0.3) is 11.8 Å². The van der Waals surface area contributed by atoms with Crippen LogP contribution in [0.4, 0.5) is 5.69 Å². The van der Waals surface area contributed by atoms with E-state index in [-0.39, 0.29) is 11.8 Å². The van der Waals surface area contributed by atoms with Crippen molar-refractivity contribution in [2.24, 2.45) is 5.92 Å². The van der Waals surface area contributed by atoms with E-state index in [1.165, 1.54) is 12.0 Å². The molecule has 0 N–H and O–H groups in total. The van der Waals surface area contributed by atoms with Crippen LogP contribution in [0.5, 0.6) is 0 Å². The minimum absolute atomic E-state index is 0.00717. The molecule has 0 bridgehead atoms. The number of rotatable bonds is 2. The lowest BCUT2D eigenvalue weighted by atomic mass is 9.99. The quantitative estimate of drug-likeness (QED) is 0.805. The number of fused-ring (bicyclic) bond motifs is 1. The second kappa shape index (κ2) is 7.55. The predicted octanol–water partition coefficient (Wildman–Crippen LogP) is 4.15. The SMILES string of the molecule is CC1CCCN(C(=O)c2ccc(C(=O)N3CCCc4ccccc43)cc2)C1. The van der Waals surface area contributed by atoms with E-state index in [4.69, 9.17) is 0 Å². The molecule has 1 unspecified atom stereocenters. The lowest BCUT2D eigenvalue weighted by Gasteiger charge is -2.31. The van der Waals surface area contributed by atoms with Crippen molar-refractivity contribution >= 4 is 17.5 Å². The van der Waals surface area contributed by atoms with Crippen molar-refractivity contribution in [1.29, 1.82) is 0 Å². The zero-order valence-corrected chi connectivity index (χ0v) is 15.9. The van der Waals surface area contributed by atoms with Crippen molar-refractivity contribution in [3.05, 3.63) is 65.2 Å². The number of likely N-dealkylation sites (tertiary alicyclic amines) is 1. The maximum Gasteiger partial charge on any atom is 0.258 e. The number of para-hydroxylation sites is 1. The summed E-state index contributed by atoms with van der Waals surface area (Å²) in [6.45, 7) is 4.58. The van der Waals surface area contributed by atoms with Gasteiger partial charge in [-0.25, -0.2) is 0 Å². The first-order valence-corrected chi connectivity index (χ1v) is 9.92. The summed E-state index contributed by atoms with van der Waals surface area (Å²) in [7, 11) is 0. The van der Waals surface area contributed by atoms with Crippen LogP contribution in [0.25, 0.3) is 0 Å². The molecule has 27 heavy (non-hydrogen) atoms. The van der Waals surface area contributed by atoms with Crippen molar-refractivity contribution in [1.82, 2.24) is 4.90 Å². The van der Waals surface area contributed by atoms with Gasteiger partial charge >= 0.3 is 0 Å². The van der Waals surface area contributed by atoms with E-state index in [9.17, 15) is 9.59 Å². The Balaban J connectivity index is 1.51. The van der Waals surface area contributed by atoms with Crippen molar-refractivity contribution in [3.63, 3.8) is 0 Å². The average Bonchev–Trinajstić information content (AvgIpc) is 2.72. The van der Waals surface area contributed by atoms with E-state index < -0.39 is 0 Å². The van der Waals surface area contributed by atoms with Crippen molar-refractivity contribution in [2.45, 2.75) is 32.6 Å². The second-order valence-electron chi connectivity index (χ2n) is 7.76. The first kappa shape index (κ1) is 17.8. The maximum absolute atomic E-state index is 13.0. The molecule has 2 aliphatic rings.